The van der Waals surface area contributed by atoms with Gasteiger partial charge in [-0.2, -0.15) is 0 Å². The number of hydrogen-bond donors (Lipinski definition) is 2. The minimum absolute atomic E-state index is 0.0325. The van der Waals surface area contributed by atoms with Crippen LogP contribution in [0.15, 0.2) is 29.4 Å². The zero-order valence-corrected chi connectivity index (χ0v) is 11.7. The Balaban J connectivity index is 2.08. The van der Waals surface area contributed by atoms with E-state index in [0.29, 0.717) is 13.0 Å². The third-order valence-electron chi connectivity index (χ3n) is 3.76. The molecule has 5 nitrogen and oxygen atoms in total. The summed E-state index contributed by atoms with van der Waals surface area (Å²) in [7, 11) is 0. The van der Waals surface area contributed by atoms with Gasteiger partial charge in [0.05, 0.1) is 12.5 Å². The predicted octanol–water partition coefficient (Wildman–Crippen LogP) is 1.67. The summed E-state index contributed by atoms with van der Waals surface area (Å²) in [5.74, 6) is 0.159. The Morgan fingerprint density at radius 3 is 2.75 bits per heavy atom. The molecule has 0 spiro atoms. The van der Waals surface area contributed by atoms with Crippen LogP contribution in [0.4, 0.5) is 0 Å². The highest BCUT2D eigenvalue weighted by Gasteiger charge is 2.29. The first kappa shape index (κ1) is 14.4. The van der Waals surface area contributed by atoms with E-state index < -0.39 is 0 Å². The number of rotatable bonds is 3. The summed E-state index contributed by atoms with van der Waals surface area (Å²) in [5.41, 5.74) is 7.86. The molecule has 1 heterocycles. The number of likely N-dealkylation sites (tertiary alicyclic amines) is 1. The highest BCUT2D eigenvalue weighted by Crippen LogP contribution is 2.18. The number of aryl methyl sites for hydroxylation is 1. The maximum atomic E-state index is 12.4. The fourth-order valence-corrected chi connectivity index (χ4v) is 2.59. The zero-order chi connectivity index (χ0) is 14.5. The number of benzene rings is 1. The number of amides is 1. The second-order valence-electron chi connectivity index (χ2n) is 5.29. The molecule has 20 heavy (non-hydrogen) atoms. The van der Waals surface area contributed by atoms with Crippen LogP contribution in [-0.2, 0) is 11.2 Å². The van der Waals surface area contributed by atoms with Crippen LogP contribution in [0.1, 0.15) is 30.4 Å². The fraction of sp³-hybridized carbons (Fsp3) is 0.467. The Bertz CT molecular complexity index is 496. The van der Waals surface area contributed by atoms with Crippen LogP contribution in [-0.4, -0.2) is 34.4 Å². The average molecular weight is 275 g/mol. The largest absolute Gasteiger partial charge is 0.409 e. The third kappa shape index (κ3) is 3.29. The van der Waals surface area contributed by atoms with E-state index in [4.69, 9.17) is 10.9 Å². The van der Waals surface area contributed by atoms with Gasteiger partial charge in [0, 0.05) is 6.54 Å². The maximum Gasteiger partial charge on any atom is 0.227 e. The van der Waals surface area contributed by atoms with E-state index in [2.05, 4.69) is 5.16 Å². The van der Waals surface area contributed by atoms with Gasteiger partial charge in [0.1, 0.15) is 0 Å². The molecule has 2 rings (SSSR count). The molecule has 0 aromatic heterocycles. The number of carbonyl (C=O) groups excluding carboxylic acids is 1. The highest BCUT2D eigenvalue weighted by molar-refractivity contribution is 5.90. The number of hydrogen-bond acceptors (Lipinski definition) is 3. The van der Waals surface area contributed by atoms with E-state index in [9.17, 15) is 4.79 Å². The van der Waals surface area contributed by atoms with Crippen LogP contribution in [0.3, 0.4) is 0 Å². The SMILES string of the molecule is Cc1ccc(CC(=O)N2CCCCC2C(N)=NO)cc1. The number of carbonyl (C=O) groups is 1. The summed E-state index contributed by atoms with van der Waals surface area (Å²) >= 11 is 0. The van der Waals surface area contributed by atoms with Crippen molar-refractivity contribution in [3.8, 4) is 0 Å². The van der Waals surface area contributed by atoms with Crippen LogP contribution in [0.5, 0.6) is 0 Å². The summed E-state index contributed by atoms with van der Waals surface area (Å²) in [4.78, 5) is 14.2. The van der Waals surface area contributed by atoms with Crippen LogP contribution in [0.2, 0.25) is 0 Å². The van der Waals surface area contributed by atoms with Gasteiger partial charge in [0.2, 0.25) is 5.91 Å². The van der Waals surface area contributed by atoms with Crippen molar-refractivity contribution in [3.05, 3.63) is 35.4 Å². The summed E-state index contributed by atoms with van der Waals surface area (Å²) < 4.78 is 0. The van der Waals surface area contributed by atoms with Gasteiger partial charge in [0.25, 0.3) is 0 Å². The fourth-order valence-electron chi connectivity index (χ4n) is 2.59. The van der Waals surface area contributed by atoms with E-state index in [1.54, 1.807) is 4.90 Å². The van der Waals surface area contributed by atoms with Gasteiger partial charge < -0.3 is 15.8 Å². The van der Waals surface area contributed by atoms with E-state index in [0.717, 1.165) is 24.8 Å². The lowest BCUT2D eigenvalue weighted by molar-refractivity contribution is -0.132. The molecule has 1 aliphatic rings. The minimum Gasteiger partial charge on any atom is -0.409 e. The van der Waals surface area contributed by atoms with Crippen molar-refractivity contribution in [2.24, 2.45) is 10.9 Å². The normalized spacial score (nSPS) is 19.9. The van der Waals surface area contributed by atoms with Crippen molar-refractivity contribution in [1.82, 2.24) is 4.90 Å². The predicted molar refractivity (Wildman–Crippen MR) is 77.6 cm³/mol. The van der Waals surface area contributed by atoms with Crippen molar-refractivity contribution in [1.29, 1.82) is 0 Å². The molecule has 1 atom stereocenters. The molecule has 1 aromatic carbocycles. The van der Waals surface area contributed by atoms with Crippen LogP contribution >= 0.6 is 0 Å². The standard InChI is InChI=1S/C15H21N3O2/c1-11-5-7-12(8-6-11)10-14(19)18-9-3-2-4-13(18)15(16)17-20/h5-8,13,20H,2-4,9-10H2,1H3,(H2,16,17). The lowest BCUT2D eigenvalue weighted by Gasteiger charge is -2.34. The number of piperidine rings is 1. The Kier molecular flexibility index (Phi) is 4.61. The lowest BCUT2D eigenvalue weighted by atomic mass is 10.00. The molecule has 1 unspecified atom stereocenters. The van der Waals surface area contributed by atoms with Gasteiger partial charge in [-0.15, -0.1) is 0 Å². The van der Waals surface area contributed by atoms with E-state index in [1.807, 2.05) is 31.2 Å². The summed E-state index contributed by atoms with van der Waals surface area (Å²) in [6, 6.07) is 7.66. The second-order valence-corrected chi connectivity index (χ2v) is 5.29. The molecule has 1 saturated heterocycles. The minimum atomic E-state index is -0.272. The maximum absolute atomic E-state index is 12.4. The quantitative estimate of drug-likeness (QED) is 0.381. The Morgan fingerprint density at radius 1 is 1.40 bits per heavy atom. The van der Waals surface area contributed by atoms with Gasteiger partial charge in [-0.05, 0) is 31.7 Å². The molecule has 1 aromatic rings. The molecule has 108 valence electrons. The first-order chi connectivity index (χ1) is 9.61. The van der Waals surface area contributed by atoms with Gasteiger partial charge in [-0.1, -0.05) is 35.0 Å². The Hall–Kier alpha value is -2.04. The number of nitrogens with zero attached hydrogens (tertiary/aromatic N) is 2. The van der Waals surface area contributed by atoms with Gasteiger partial charge >= 0.3 is 0 Å². The molecule has 5 heteroatoms. The van der Waals surface area contributed by atoms with Crippen LogP contribution in [0, 0.1) is 6.92 Å². The number of amidine groups is 1. The summed E-state index contributed by atoms with van der Waals surface area (Å²) in [6.07, 6.45) is 3.08. The van der Waals surface area contributed by atoms with Gasteiger partial charge in [-0.25, -0.2) is 0 Å². The van der Waals surface area contributed by atoms with Gasteiger partial charge in [-0.3, -0.25) is 4.79 Å². The van der Waals surface area contributed by atoms with Crippen molar-refractivity contribution >= 4 is 11.7 Å². The molecule has 1 fully saturated rings. The summed E-state index contributed by atoms with van der Waals surface area (Å²) in [5, 5.41) is 11.9. The van der Waals surface area contributed by atoms with E-state index in [1.165, 1.54) is 5.56 Å². The molecule has 0 aliphatic carbocycles. The second kappa shape index (κ2) is 6.41. The Labute approximate surface area is 119 Å². The van der Waals surface area contributed by atoms with Crippen LogP contribution in [0.25, 0.3) is 0 Å². The number of nitrogens with two attached hydrogens (primary N) is 1. The van der Waals surface area contributed by atoms with Crippen molar-refractivity contribution in [3.63, 3.8) is 0 Å². The molecule has 3 N–H and O–H groups in total. The zero-order valence-electron chi connectivity index (χ0n) is 11.7. The topological polar surface area (TPSA) is 78.9 Å². The monoisotopic (exact) mass is 275 g/mol. The lowest BCUT2D eigenvalue weighted by Crippen LogP contribution is -2.51. The van der Waals surface area contributed by atoms with Crippen molar-refractivity contribution in [2.75, 3.05) is 6.54 Å². The molecule has 1 aliphatic heterocycles. The van der Waals surface area contributed by atoms with Gasteiger partial charge in [0.15, 0.2) is 5.84 Å². The molecular weight excluding hydrogens is 254 g/mol. The summed E-state index contributed by atoms with van der Waals surface area (Å²) in [6.45, 7) is 2.69. The smallest absolute Gasteiger partial charge is 0.227 e. The van der Waals surface area contributed by atoms with Crippen LogP contribution < -0.4 is 5.73 Å². The van der Waals surface area contributed by atoms with E-state index >= 15 is 0 Å². The number of oxime groups is 1. The van der Waals surface area contributed by atoms with Crippen molar-refractivity contribution in [2.45, 2.75) is 38.6 Å². The van der Waals surface area contributed by atoms with Crippen molar-refractivity contribution < 1.29 is 10.0 Å². The molecular formula is C15H21N3O2. The first-order valence-electron chi connectivity index (χ1n) is 6.94. The Morgan fingerprint density at radius 2 is 2.10 bits per heavy atom. The third-order valence-corrected chi connectivity index (χ3v) is 3.76. The van der Waals surface area contributed by atoms with E-state index in [-0.39, 0.29) is 17.8 Å². The molecule has 0 radical (unpaired) electrons. The highest BCUT2D eigenvalue weighted by atomic mass is 16.4. The molecule has 1 amide bonds. The molecule has 0 saturated carbocycles. The first-order valence-corrected chi connectivity index (χ1v) is 6.94. The molecule has 0 bridgehead atoms. The average Bonchev–Trinajstić information content (AvgIpc) is 2.48.